The van der Waals surface area contributed by atoms with Crippen LogP contribution in [0.4, 0.5) is 0 Å². The topological polar surface area (TPSA) is 67.9 Å². The number of carbonyl (C=O) groups is 2. The van der Waals surface area contributed by atoms with Crippen molar-refractivity contribution >= 4 is 11.8 Å². The molecule has 2 aliphatic rings. The lowest BCUT2D eigenvalue weighted by molar-refractivity contribution is -0.142. The van der Waals surface area contributed by atoms with Gasteiger partial charge in [0.05, 0.1) is 20.3 Å². The first-order valence-corrected chi connectivity index (χ1v) is 9.94. The minimum absolute atomic E-state index is 0.0315. The third kappa shape index (κ3) is 5.45. The van der Waals surface area contributed by atoms with E-state index in [4.69, 9.17) is 9.47 Å². The van der Waals surface area contributed by atoms with Crippen molar-refractivity contribution in [1.82, 2.24) is 10.2 Å². The van der Waals surface area contributed by atoms with Crippen molar-refractivity contribution in [2.75, 3.05) is 40.0 Å². The van der Waals surface area contributed by atoms with E-state index >= 15 is 0 Å². The second-order valence-corrected chi connectivity index (χ2v) is 7.38. The van der Waals surface area contributed by atoms with Gasteiger partial charge in [0.1, 0.15) is 5.75 Å². The third-order valence-corrected chi connectivity index (χ3v) is 5.62. The van der Waals surface area contributed by atoms with Crippen molar-refractivity contribution < 1.29 is 19.1 Å². The van der Waals surface area contributed by atoms with E-state index in [-0.39, 0.29) is 23.7 Å². The van der Waals surface area contributed by atoms with E-state index in [1.165, 1.54) is 0 Å². The summed E-state index contributed by atoms with van der Waals surface area (Å²) in [6.07, 6.45) is 4.00. The van der Waals surface area contributed by atoms with Gasteiger partial charge < -0.3 is 19.7 Å². The average molecular weight is 374 g/mol. The summed E-state index contributed by atoms with van der Waals surface area (Å²) in [6.45, 7) is 3.29. The maximum Gasteiger partial charge on any atom is 0.225 e. The molecule has 1 aromatic carbocycles. The fraction of sp³-hybridized carbons (Fsp3) is 0.619. The molecule has 1 aromatic rings. The number of morpholine rings is 1. The minimum Gasteiger partial charge on any atom is -0.497 e. The summed E-state index contributed by atoms with van der Waals surface area (Å²) in [6, 6.07) is 7.91. The van der Waals surface area contributed by atoms with Crippen molar-refractivity contribution in [1.29, 1.82) is 0 Å². The second-order valence-electron chi connectivity index (χ2n) is 7.38. The van der Waals surface area contributed by atoms with Gasteiger partial charge in [0.25, 0.3) is 0 Å². The molecule has 0 unspecified atom stereocenters. The maximum atomic E-state index is 12.6. The number of nitrogens with one attached hydrogen (secondary N) is 1. The lowest BCUT2D eigenvalue weighted by Gasteiger charge is -2.33. The molecule has 27 heavy (non-hydrogen) atoms. The number of methoxy groups -OCH3 is 1. The van der Waals surface area contributed by atoms with Crippen LogP contribution in [0, 0.1) is 11.8 Å². The van der Waals surface area contributed by atoms with Crippen molar-refractivity contribution in [3.63, 3.8) is 0 Å². The summed E-state index contributed by atoms with van der Waals surface area (Å²) in [7, 11) is 1.65. The van der Waals surface area contributed by atoms with Gasteiger partial charge in [-0.2, -0.15) is 0 Å². The fourth-order valence-corrected chi connectivity index (χ4v) is 3.95. The molecule has 0 aromatic heterocycles. The molecule has 0 radical (unpaired) electrons. The number of hydrogen-bond acceptors (Lipinski definition) is 4. The summed E-state index contributed by atoms with van der Waals surface area (Å²) < 4.78 is 10.5. The highest BCUT2D eigenvalue weighted by molar-refractivity contribution is 5.81. The first-order chi connectivity index (χ1) is 13.2. The van der Waals surface area contributed by atoms with E-state index in [1.54, 1.807) is 7.11 Å². The van der Waals surface area contributed by atoms with Crippen LogP contribution in [0.5, 0.6) is 5.75 Å². The zero-order valence-corrected chi connectivity index (χ0v) is 16.1. The second kappa shape index (κ2) is 9.74. The Hall–Kier alpha value is -2.08. The molecule has 3 rings (SSSR count). The van der Waals surface area contributed by atoms with Crippen molar-refractivity contribution in [3.05, 3.63) is 29.8 Å². The van der Waals surface area contributed by atoms with Gasteiger partial charge in [-0.1, -0.05) is 12.1 Å². The molecule has 1 saturated heterocycles. The summed E-state index contributed by atoms with van der Waals surface area (Å²) in [5.41, 5.74) is 1.15. The number of hydrogen-bond donors (Lipinski definition) is 1. The molecule has 148 valence electrons. The SMILES string of the molecule is COc1cccc(CCNC(=O)C2CCC(C(=O)N3CCOCC3)CC2)c1. The molecule has 1 aliphatic heterocycles. The van der Waals surface area contributed by atoms with Gasteiger partial charge in [-0.3, -0.25) is 9.59 Å². The largest absolute Gasteiger partial charge is 0.497 e. The van der Waals surface area contributed by atoms with Gasteiger partial charge in [-0.25, -0.2) is 0 Å². The van der Waals surface area contributed by atoms with Crippen LogP contribution in [0.15, 0.2) is 24.3 Å². The molecule has 2 fully saturated rings. The van der Waals surface area contributed by atoms with Crippen molar-refractivity contribution in [3.8, 4) is 5.75 Å². The highest BCUT2D eigenvalue weighted by Crippen LogP contribution is 2.30. The summed E-state index contributed by atoms with van der Waals surface area (Å²) in [5, 5.41) is 3.05. The van der Waals surface area contributed by atoms with Crippen LogP contribution in [0.1, 0.15) is 31.2 Å². The van der Waals surface area contributed by atoms with Crippen LogP contribution >= 0.6 is 0 Å². The van der Waals surface area contributed by atoms with Gasteiger partial charge in [-0.05, 0) is 49.8 Å². The van der Waals surface area contributed by atoms with Gasteiger partial charge in [0.2, 0.25) is 11.8 Å². The van der Waals surface area contributed by atoms with Crippen molar-refractivity contribution in [2.24, 2.45) is 11.8 Å². The summed E-state index contributed by atoms with van der Waals surface area (Å²) >= 11 is 0. The molecule has 0 atom stereocenters. The predicted molar refractivity (Wildman–Crippen MR) is 103 cm³/mol. The first-order valence-electron chi connectivity index (χ1n) is 9.94. The van der Waals surface area contributed by atoms with Gasteiger partial charge in [-0.15, -0.1) is 0 Å². The Balaban J connectivity index is 1.38. The van der Waals surface area contributed by atoms with Crippen LogP contribution in [-0.4, -0.2) is 56.7 Å². The molecule has 0 bridgehead atoms. The quantitative estimate of drug-likeness (QED) is 0.827. The Morgan fingerprint density at radius 3 is 2.56 bits per heavy atom. The smallest absolute Gasteiger partial charge is 0.225 e. The Labute approximate surface area is 161 Å². The molecular weight excluding hydrogens is 344 g/mol. The van der Waals surface area contributed by atoms with E-state index < -0.39 is 0 Å². The summed E-state index contributed by atoms with van der Waals surface area (Å²) in [4.78, 5) is 26.9. The Bertz CT molecular complexity index is 635. The zero-order chi connectivity index (χ0) is 19.1. The molecule has 6 nitrogen and oxygen atoms in total. The molecule has 6 heteroatoms. The van der Waals surface area contributed by atoms with Crippen molar-refractivity contribution in [2.45, 2.75) is 32.1 Å². The van der Waals surface area contributed by atoms with Gasteiger partial charge in [0.15, 0.2) is 0 Å². The molecule has 1 aliphatic carbocycles. The van der Waals surface area contributed by atoms with Crippen LogP contribution in [-0.2, 0) is 20.7 Å². The fourth-order valence-electron chi connectivity index (χ4n) is 3.95. The van der Waals surface area contributed by atoms with Crippen LogP contribution in [0.2, 0.25) is 0 Å². The number of carbonyl (C=O) groups excluding carboxylic acids is 2. The molecule has 2 amide bonds. The van der Waals surface area contributed by atoms with Crippen LogP contribution in [0.25, 0.3) is 0 Å². The maximum absolute atomic E-state index is 12.6. The molecule has 1 N–H and O–H groups in total. The lowest BCUT2D eigenvalue weighted by atomic mass is 9.81. The van der Waals surface area contributed by atoms with Crippen LogP contribution < -0.4 is 10.1 Å². The van der Waals surface area contributed by atoms with Gasteiger partial charge >= 0.3 is 0 Å². The Morgan fingerprint density at radius 2 is 1.85 bits per heavy atom. The standard InChI is InChI=1S/C21H30N2O4/c1-26-19-4-2-3-16(15-19)9-10-22-20(24)17-5-7-18(8-6-17)21(25)23-11-13-27-14-12-23/h2-4,15,17-18H,5-14H2,1H3,(H,22,24). The number of benzene rings is 1. The monoisotopic (exact) mass is 374 g/mol. The minimum atomic E-state index is 0.0315. The highest BCUT2D eigenvalue weighted by Gasteiger charge is 2.32. The first kappa shape index (κ1) is 19.7. The van der Waals surface area contributed by atoms with E-state index in [9.17, 15) is 9.59 Å². The summed E-state index contributed by atoms with van der Waals surface area (Å²) in [5.74, 6) is 1.31. The Kier molecular flexibility index (Phi) is 7.10. The molecule has 0 spiro atoms. The number of nitrogens with zero attached hydrogens (tertiary/aromatic N) is 1. The molecular formula is C21H30N2O4. The molecule has 1 saturated carbocycles. The molecule has 1 heterocycles. The van der Waals surface area contributed by atoms with Crippen LogP contribution in [0.3, 0.4) is 0 Å². The highest BCUT2D eigenvalue weighted by atomic mass is 16.5. The van der Waals surface area contributed by atoms with E-state index in [1.807, 2.05) is 29.2 Å². The zero-order valence-electron chi connectivity index (χ0n) is 16.1. The number of amides is 2. The number of ether oxygens (including phenoxy) is 2. The number of rotatable bonds is 6. The van der Waals surface area contributed by atoms with E-state index in [0.29, 0.717) is 32.8 Å². The third-order valence-electron chi connectivity index (χ3n) is 5.62. The average Bonchev–Trinajstić information content (AvgIpc) is 2.74. The van der Waals surface area contributed by atoms with Gasteiger partial charge in [0, 0.05) is 31.5 Å². The lowest BCUT2D eigenvalue weighted by Crippen LogP contribution is -2.45. The Morgan fingerprint density at radius 1 is 1.15 bits per heavy atom. The van der Waals surface area contributed by atoms with E-state index in [2.05, 4.69) is 5.32 Å². The predicted octanol–water partition coefficient (Wildman–Crippen LogP) is 2.02. The normalized spacial score (nSPS) is 22.9. The van der Waals surface area contributed by atoms with E-state index in [0.717, 1.165) is 43.4 Å².